The average molecular weight is 490 g/mol. The number of urea groups is 1. The fraction of sp³-hybridized carbons (Fsp3) is 0.640. The van der Waals surface area contributed by atoms with Crippen molar-refractivity contribution in [2.45, 2.75) is 56.8 Å². The molecule has 0 radical (unpaired) electrons. The molecule has 1 aromatic rings. The summed E-state index contributed by atoms with van der Waals surface area (Å²) in [6.45, 7) is 1.50. The van der Waals surface area contributed by atoms with Crippen molar-refractivity contribution >= 4 is 18.3 Å². The van der Waals surface area contributed by atoms with Gasteiger partial charge in [-0.1, -0.05) is 6.07 Å². The predicted molar refractivity (Wildman–Crippen MR) is 126 cm³/mol. The van der Waals surface area contributed by atoms with E-state index in [1.54, 1.807) is 31.3 Å². The number of piperidine rings is 1. The van der Waals surface area contributed by atoms with Gasteiger partial charge in [0.1, 0.15) is 0 Å². The van der Waals surface area contributed by atoms with Gasteiger partial charge in [-0.25, -0.2) is 4.79 Å². The highest BCUT2D eigenvalue weighted by Gasteiger charge is 2.51. The Morgan fingerprint density at radius 2 is 1.80 bits per heavy atom. The summed E-state index contributed by atoms with van der Waals surface area (Å²) in [4.78, 5) is 43.7. The monoisotopic (exact) mass is 489 g/mol. The van der Waals surface area contributed by atoms with Gasteiger partial charge in [-0.15, -0.1) is 0 Å². The quantitative estimate of drug-likeness (QED) is 0.525. The summed E-state index contributed by atoms with van der Waals surface area (Å²) in [5.41, 5.74) is 0.766. The molecule has 4 amide bonds. The van der Waals surface area contributed by atoms with Crippen LogP contribution in [0.5, 0.6) is 11.5 Å². The highest BCUT2D eigenvalue weighted by molar-refractivity contribution is 5.99. The molecule has 3 fully saturated rings. The number of ether oxygens (including phenoxy) is 3. The van der Waals surface area contributed by atoms with Crippen molar-refractivity contribution in [3.05, 3.63) is 23.8 Å². The second-order valence-corrected chi connectivity index (χ2v) is 9.38. The van der Waals surface area contributed by atoms with Crippen LogP contribution in [0.4, 0.5) is 4.79 Å². The molecule has 10 nitrogen and oxygen atoms in total. The number of hydrogen-bond acceptors (Lipinski definition) is 7. The number of carbonyl (C=O) groups excluding carboxylic acids is 3. The van der Waals surface area contributed by atoms with Gasteiger partial charge in [0.05, 0.1) is 46.0 Å². The number of benzene rings is 1. The summed E-state index contributed by atoms with van der Waals surface area (Å²) >= 11 is 0. The van der Waals surface area contributed by atoms with Crippen LogP contribution in [0.2, 0.25) is 0 Å². The molecule has 0 aromatic heterocycles. The van der Waals surface area contributed by atoms with Crippen LogP contribution in [0, 0.1) is 5.92 Å². The van der Waals surface area contributed by atoms with E-state index in [4.69, 9.17) is 19.3 Å². The van der Waals surface area contributed by atoms with Gasteiger partial charge in [0.15, 0.2) is 11.5 Å². The third-order valence-electron chi connectivity index (χ3n) is 7.43. The molecular formula is C25H35N3O7. The van der Waals surface area contributed by atoms with Crippen LogP contribution in [0.25, 0.3) is 0 Å². The molecule has 2 heterocycles. The number of nitrogens with zero attached hydrogens (tertiary/aromatic N) is 3. The lowest BCUT2D eigenvalue weighted by atomic mass is 9.78. The van der Waals surface area contributed by atoms with Crippen LogP contribution >= 0.6 is 0 Å². The van der Waals surface area contributed by atoms with Crippen LogP contribution in [0.15, 0.2) is 18.2 Å². The largest absolute Gasteiger partial charge is 0.493 e. The molecule has 4 rings (SSSR count). The van der Waals surface area contributed by atoms with E-state index in [1.165, 1.54) is 4.90 Å². The number of methoxy groups -OCH3 is 2. The molecule has 1 aromatic carbocycles. The number of imide groups is 1. The van der Waals surface area contributed by atoms with E-state index < -0.39 is 0 Å². The topological polar surface area (TPSA) is 109 Å². The normalized spacial score (nSPS) is 25.5. The van der Waals surface area contributed by atoms with Gasteiger partial charge >= 0.3 is 6.03 Å². The zero-order chi connectivity index (χ0) is 24.9. The number of rotatable bonds is 9. The summed E-state index contributed by atoms with van der Waals surface area (Å²) in [5, 5.41) is 9.16. The molecule has 2 saturated heterocycles. The first kappa shape index (κ1) is 25.2. The highest BCUT2D eigenvalue weighted by Crippen LogP contribution is 2.39. The minimum absolute atomic E-state index is 0.0258. The second-order valence-electron chi connectivity index (χ2n) is 9.38. The van der Waals surface area contributed by atoms with Crippen LogP contribution in [0.3, 0.4) is 0 Å². The third kappa shape index (κ3) is 5.23. The number of amides is 4. The van der Waals surface area contributed by atoms with E-state index in [0.717, 1.165) is 18.4 Å². The molecule has 35 heavy (non-hydrogen) atoms. The maximum absolute atomic E-state index is 13.8. The smallest absolute Gasteiger partial charge is 0.327 e. The number of aliphatic hydroxyl groups excluding tert-OH is 1. The van der Waals surface area contributed by atoms with E-state index in [1.807, 2.05) is 11.0 Å². The SMILES string of the molecule is COc1ccc(CN2C(=O)C3CC(OCCO)CCC3N(C3CCN(C=O)CC3)C2=O)cc1OC. The fourth-order valence-corrected chi connectivity index (χ4v) is 5.66. The van der Waals surface area contributed by atoms with Crippen LogP contribution < -0.4 is 9.47 Å². The van der Waals surface area contributed by atoms with E-state index in [0.29, 0.717) is 50.3 Å². The van der Waals surface area contributed by atoms with Crippen molar-refractivity contribution in [2.75, 3.05) is 40.5 Å². The van der Waals surface area contributed by atoms with Gasteiger partial charge in [-0.3, -0.25) is 14.5 Å². The zero-order valence-electron chi connectivity index (χ0n) is 20.4. The lowest BCUT2D eigenvalue weighted by Crippen LogP contribution is -2.66. The molecule has 0 bridgehead atoms. The molecule has 1 saturated carbocycles. The summed E-state index contributed by atoms with van der Waals surface area (Å²) in [6.07, 6.45) is 4.04. The van der Waals surface area contributed by atoms with Gasteiger partial charge < -0.3 is 29.1 Å². The summed E-state index contributed by atoms with van der Waals surface area (Å²) in [7, 11) is 3.10. The molecular weight excluding hydrogens is 454 g/mol. The number of aliphatic hydroxyl groups is 1. The lowest BCUT2D eigenvalue weighted by Gasteiger charge is -2.52. The van der Waals surface area contributed by atoms with E-state index >= 15 is 0 Å². The predicted octanol–water partition coefficient (Wildman–Crippen LogP) is 1.64. The Morgan fingerprint density at radius 1 is 1.06 bits per heavy atom. The Hall–Kier alpha value is -2.85. The van der Waals surface area contributed by atoms with E-state index in [-0.39, 0.29) is 55.8 Å². The maximum Gasteiger partial charge on any atom is 0.327 e. The van der Waals surface area contributed by atoms with Gasteiger partial charge in [0, 0.05) is 25.2 Å². The summed E-state index contributed by atoms with van der Waals surface area (Å²) < 4.78 is 16.5. The van der Waals surface area contributed by atoms with Crippen molar-refractivity contribution < 1.29 is 33.7 Å². The third-order valence-corrected chi connectivity index (χ3v) is 7.43. The van der Waals surface area contributed by atoms with Crippen molar-refractivity contribution in [3.63, 3.8) is 0 Å². The highest BCUT2D eigenvalue weighted by atomic mass is 16.5. The molecule has 10 heteroatoms. The van der Waals surface area contributed by atoms with Crippen LogP contribution in [-0.4, -0.2) is 96.9 Å². The van der Waals surface area contributed by atoms with Crippen molar-refractivity contribution in [2.24, 2.45) is 5.92 Å². The summed E-state index contributed by atoms with van der Waals surface area (Å²) in [5.74, 6) is 0.559. The van der Waals surface area contributed by atoms with E-state index in [9.17, 15) is 14.4 Å². The first-order valence-electron chi connectivity index (χ1n) is 12.3. The molecule has 2 aliphatic heterocycles. The van der Waals surface area contributed by atoms with Crippen LogP contribution in [-0.2, 0) is 20.9 Å². The molecule has 3 unspecified atom stereocenters. The Kier molecular flexibility index (Phi) is 8.12. The van der Waals surface area contributed by atoms with Crippen molar-refractivity contribution in [1.29, 1.82) is 0 Å². The van der Waals surface area contributed by atoms with Crippen molar-refractivity contribution in [3.8, 4) is 11.5 Å². The Morgan fingerprint density at radius 3 is 2.46 bits per heavy atom. The molecule has 3 atom stereocenters. The number of likely N-dealkylation sites (tertiary alicyclic amines) is 1. The average Bonchev–Trinajstić information content (AvgIpc) is 2.90. The standard InChI is InChI=1S/C25H35N3O7/c1-33-22-6-3-17(13-23(22)34-2)15-27-24(31)20-14-19(35-12-11-29)4-5-21(20)28(25(27)32)18-7-9-26(16-30)10-8-18/h3,6,13,16,18-21,29H,4-5,7-12,14-15H2,1-2H3. The minimum Gasteiger partial charge on any atom is -0.493 e. The zero-order valence-corrected chi connectivity index (χ0v) is 20.4. The van der Waals surface area contributed by atoms with Gasteiger partial charge in [-0.2, -0.15) is 0 Å². The van der Waals surface area contributed by atoms with E-state index in [2.05, 4.69) is 0 Å². The first-order valence-corrected chi connectivity index (χ1v) is 12.3. The van der Waals surface area contributed by atoms with Gasteiger partial charge in [0.2, 0.25) is 12.3 Å². The first-order chi connectivity index (χ1) is 17.0. The summed E-state index contributed by atoms with van der Waals surface area (Å²) in [6, 6.07) is 4.90. The Balaban J connectivity index is 1.60. The fourth-order valence-electron chi connectivity index (χ4n) is 5.66. The van der Waals surface area contributed by atoms with Crippen molar-refractivity contribution in [1.82, 2.24) is 14.7 Å². The lowest BCUT2D eigenvalue weighted by molar-refractivity contribution is -0.146. The number of fused-ring (bicyclic) bond motifs is 1. The minimum atomic E-state index is -0.366. The number of carbonyl (C=O) groups is 3. The molecule has 1 aliphatic carbocycles. The van der Waals surface area contributed by atoms with Crippen LogP contribution in [0.1, 0.15) is 37.7 Å². The Labute approximate surface area is 205 Å². The molecule has 0 spiro atoms. The van der Waals surface area contributed by atoms with Gasteiger partial charge in [-0.05, 0) is 49.8 Å². The molecule has 192 valence electrons. The Bertz CT molecular complexity index is 918. The maximum atomic E-state index is 13.8. The van der Waals surface area contributed by atoms with Gasteiger partial charge in [0.25, 0.3) is 0 Å². The molecule has 3 aliphatic rings. The number of hydrogen-bond donors (Lipinski definition) is 1. The second kappa shape index (κ2) is 11.3. The molecule has 1 N–H and O–H groups in total.